The molecule has 0 aromatic heterocycles. The number of hydrogen-bond acceptors (Lipinski definition) is 8. The highest BCUT2D eigenvalue weighted by Gasteiger charge is 2.33. The number of aliphatic hydroxyl groups is 2. The first-order chi connectivity index (χ1) is 17.3. The largest absolute Gasteiger partial charge is 0.647 e. The molecule has 0 bridgehead atoms. The van der Waals surface area contributed by atoms with Crippen LogP contribution in [0.5, 0.6) is 17.2 Å². The lowest BCUT2D eigenvalue weighted by Gasteiger charge is -2.19. The maximum atomic E-state index is 13.3. The van der Waals surface area contributed by atoms with Crippen molar-refractivity contribution in [3.8, 4) is 17.2 Å². The average Bonchev–Trinajstić information content (AvgIpc) is 2.86. The van der Waals surface area contributed by atoms with Crippen LogP contribution in [0, 0.1) is 20.8 Å². The van der Waals surface area contributed by atoms with E-state index < -0.39 is 7.82 Å². The van der Waals surface area contributed by atoms with Crippen molar-refractivity contribution >= 4 is 7.82 Å². The van der Waals surface area contributed by atoms with Crippen molar-refractivity contribution in [3.63, 3.8) is 0 Å². The lowest BCUT2D eigenvalue weighted by Crippen LogP contribution is -2.09. The van der Waals surface area contributed by atoms with Gasteiger partial charge in [-0.15, -0.1) is 0 Å². The van der Waals surface area contributed by atoms with Crippen molar-refractivity contribution in [3.05, 3.63) is 89.5 Å². The Balaban J connectivity index is 0.000000388. The van der Waals surface area contributed by atoms with E-state index in [1.807, 2.05) is 57.2 Å². The molecule has 0 spiro atoms. The fourth-order valence-corrected chi connectivity index (χ4v) is 3.94. The van der Waals surface area contributed by atoms with Gasteiger partial charge < -0.3 is 33.3 Å². The molecule has 2 N–H and O–H groups in total. The second-order valence-corrected chi connectivity index (χ2v) is 9.27. The van der Waals surface area contributed by atoms with Crippen LogP contribution < -0.4 is 13.6 Å². The van der Waals surface area contributed by atoms with Gasteiger partial charge >= 0.3 is 7.82 Å². The number of rotatable bonds is 13. The molecule has 36 heavy (non-hydrogen) atoms. The van der Waals surface area contributed by atoms with Crippen LogP contribution in [0.4, 0.5) is 0 Å². The average molecular weight is 519 g/mol. The highest BCUT2D eigenvalue weighted by Crippen LogP contribution is 2.49. The first kappa shape index (κ1) is 29.4. The van der Waals surface area contributed by atoms with Gasteiger partial charge in [-0.2, -0.15) is 4.57 Å². The minimum absolute atomic E-state index is 0.0417. The normalized spacial score (nSPS) is 10.8. The molecule has 0 saturated heterocycles. The summed E-state index contributed by atoms with van der Waals surface area (Å²) >= 11 is 0. The second-order valence-electron chi connectivity index (χ2n) is 7.83. The number of benzene rings is 3. The molecule has 0 aliphatic carbocycles. The molecule has 3 aromatic carbocycles. The molecule has 0 saturated carbocycles. The van der Waals surface area contributed by atoms with Crippen LogP contribution in [0.1, 0.15) is 16.7 Å². The molecule has 9 heteroatoms. The molecule has 3 rings (SSSR count). The van der Waals surface area contributed by atoms with Crippen molar-refractivity contribution in [2.24, 2.45) is 0 Å². The third kappa shape index (κ3) is 11.7. The predicted molar refractivity (Wildman–Crippen MR) is 139 cm³/mol. The van der Waals surface area contributed by atoms with Crippen molar-refractivity contribution in [2.75, 3.05) is 39.6 Å². The summed E-state index contributed by atoms with van der Waals surface area (Å²) in [5.41, 5.74) is 3.23. The fraction of sp³-hybridized carbons (Fsp3) is 0.333. The predicted octanol–water partition coefficient (Wildman–Crippen LogP) is 5.26. The molecule has 0 amide bonds. The second kappa shape index (κ2) is 16.0. The van der Waals surface area contributed by atoms with Gasteiger partial charge in [-0.1, -0.05) is 53.1 Å². The van der Waals surface area contributed by atoms with Crippen molar-refractivity contribution < 1.29 is 37.8 Å². The number of aliphatic hydroxyl groups excluding tert-OH is 2. The van der Waals surface area contributed by atoms with Crippen molar-refractivity contribution in [1.82, 2.24) is 0 Å². The van der Waals surface area contributed by atoms with Gasteiger partial charge in [0.25, 0.3) is 0 Å². The van der Waals surface area contributed by atoms with Crippen molar-refractivity contribution in [1.29, 1.82) is 0 Å². The van der Waals surface area contributed by atoms with Gasteiger partial charge in [0.15, 0.2) is 0 Å². The Morgan fingerprint density at radius 1 is 0.528 bits per heavy atom. The molecule has 196 valence electrons. The Kier molecular flexibility index (Phi) is 13.0. The van der Waals surface area contributed by atoms with Crippen LogP contribution in [0.2, 0.25) is 0 Å². The van der Waals surface area contributed by atoms with Crippen LogP contribution in [-0.4, -0.2) is 49.9 Å². The maximum Gasteiger partial charge on any atom is 0.647 e. The zero-order valence-corrected chi connectivity index (χ0v) is 21.9. The lowest BCUT2D eigenvalue weighted by atomic mass is 10.2. The molecule has 3 aromatic rings. The van der Waals surface area contributed by atoms with E-state index in [1.54, 1.807) is 36.4 Å². The zero-order chi connectivity index (χ0) is 26.2. The van der Waals surface area contributed by atoms with Gasteiger partial charge in [0.1, 0.15) is 17.2 Å². The van der Waals surface area contributed by atoms with Crippen LogP contribution in [0.3, 0.4) is 0 Å². The smallest absolute Gasteiger partial charge is 0.394 e. The van der Waals surface area contributed by atoms with Gasteiger partial charge in [0.2, 0.25) is 0 Å². The Hall–Kier alpha value is -2.87. The lowest BCUT2D eigenvalue weighted by molar-refractivity contribution is 0.0222. The molecular weight excluding hydrogens is 483 g/mol. The van der Waals surface area contributed by atoms with Crippen LogP contribution in [0.25, 0.3) is 0 Å². The van der Waals surface area contributed by atoms with Gasteiger partial charge in [-0.25, -0.2) is 0 Å². The highest BCUT2D eigenvalue weighted by molar-refractivity contribution is 7.49. The van der Waals surface area contributed by atoms with Crippen LogP contribution in [0.15, 0.2) is 72.8 Å². The molecular formula is C27H35O8P. The van der Waals surface area contributed by atoms with E-state index in [9.17, 15) is 4.57 Å². The number of ether oxygens (including phenoxy) is 2. The van der Waals surface area contributed by atoms with E-state index in [0.29, 0.717) is 43.7 Å². The molecule has 0 aliphatic rings. The Morgan fingerprint density at radius 3 is 1.06 bits per heavy atom. The third-order valence-corrected chi connectivity index (χ3v) is 5.86. The van der Waals surface area contributed by atoms with Gasteiger partial charge in [-0.05, 0) is 57.2 Å². The Bertz CT molecular complexity index is 906. The quantitative estimate of drug-likeness (QED) is 0.233. The summed E-state index contributed by atoms with van der Waals surface area (Å²) in [4.78, 5) is 0. The topological polar surface area (TPSA) is 104 Å². The number of phosphoric acid groups is 1. The summed E-state index contributed by atoms with van der Waals surface area (Å²) in [6, 6.07) is 21.6. The number of phosphoric ester groups is 1. The Labute approximate surface area is 213 Å². The summed E-state index contributed by atoms with van der Waals surface area (Å²) in [6.45, 7) is 7.63. The number of aryl methyl sites for hydroxylation is 3. The SMILES string of the molecule is Cc1ccc(OP(=O)(Oc2ccc(C)cc2)Oc2ccc(C)cc2)cc1.OCCOCCOCCO. The molecule has 0 aliphatic heterocycles. The molecule has 0 radical (unpaired) electrons. The van der Waals surface area contributed by atoms with Gasteiger partial charge in [-0.3, -0.25) is 0 Å². The maximum absolute atomic E-state index is 13.3. The monoisotopic (exact) mass is 518 g/mol. The van der Waals surface area contributed by atoms with E-state index in [2.05, 4.69) is 0 Å². The number of hydrogen-bond donors (Lipinski definition) is 2. The molecule has 8 nitrogen and oxygen atoms in total. The van der Waals surface area contributed by atoms with Gasteiger partial charge in [0, 0.05) is 0 Å². The summed E-state index contributed by atoms with van der Waals surface area (Å²) in [5, 5.41) is 16.5. The van der Waals surface area contributed by atoms with Crippen LogP contribution >= 0.6 is 7.82 Å². The molecule has 0 fully saturated rings. The minimum atomic E-state index is -3.93. The molecule has 0 atom stereocenters. The van der Waals surface area contributed by atoms with E-state index in [1.165, 1.54) is 0 Å². The summed E-state index contributed by atoms with van der Waals surface area (Å²) in [5.74, 6) is 1.24. The fourth-order valence-electron chi connectivity index (χ4n) is 2.69. The van der Waals surface area contributed by atoms with E-state index in [-0.39, 0.29) is 13.2 Å². The van der Waals surface area contributed by atoms with E-state index in [0.717, 1.165) is 16.7 Å². The molecule has 0 heterocycles. The third-order valence-electron chi connectivity index (χ3n) is 4.56. The van der Waals surface area contributed by atoms with Crippen LogP contribution in [-0.2, 0) is 14.0 Å². The van der Waals surface area contributed by atoms with Crippen molar-refractivity contribution in [2.45, 2.75) is 20.8 Å². The molecule has 0 unspecified atom stereocenters. The highest BCUT2D eigenvalue weighted by atomic mass is 31.2. The van der Waals surface area contributed by atoms with E-state index >= 15 is 0 Å². The standard InChI is InChI=1S/C21H21O4P.C6H14O4/c1-16-4-10-19(11-5-16)23-26(22,24-20-12-6-17(2)7-13-20)25-21-14-8-18(3)9-15-21;7-1-3-9-5-6-10-4-2-8/h4-15H,1-3H3;7-8H,1-6H2. The zero-order valence-electron chi connectivity index (χ0n) is 21.0. The van der Waals surface area contributed by atoms with Gasteiger partial charge in [0.05, 0.1) is 39.6 Å². The summed E-state index contributed by atoms with van der Waals surface area (Å²) in [6.07, 6.45) is 0. The first-order valence-electron chi connectivity index (χ1n) is 11.6. The van der Waals surface area contributed by atoms with E-state index in [4.69, 9.17) is 33.3 Å². The Morgan fingerprint density at radius 2 is 0.806 bits per heavy atom. The summed E-state index contributed by atoms with van der Waals surface area (Å²) in [7, 11) is -3.93. The summed E-state index contributed by atoms with van der Waals surface area (Å²) < 4.78 is 40.0. The minimum Gasteiger partial charge on any atom is -0.394 e. The first-order valence-corrected chi connectivity index (χ1v) is 13.1.